The van der Waals surface area contributed by atoms with Gasteiger partial charge in [0.25, 0.3) is 0 Å². The number of aliphatic carboxylic acids is 1. The summed E-state index contributed by atoms with van der Waals surface area (Å²) in [5.41, 5.74) is 0. The summed E-state index contributed by atoms with van der Waals surface area (Å²) >= 11 is 0. The van der Waals surface area contributed by atoms with Crippen LogP contribution in [-0.4, -0.2) is 54.7 Å². The van der Waals surface area contributed by atoms with Gasteiger partial charge in [-0.15, -0.1) is 0 Å². The highest BCUT2D eigenvalue weighted by Crippen LogP contribution is 2.04. The standard InChI is InChI=1S/C13H27N3O3/c1-8(2)11(7-16(5)6)15-13(19)14-10(4)9(3)12(17)18/h8-11H,7H2,1-6H3,(H,17,18)(H2,14,15,19). The first kappa shape index (κ1) is 17.7. The van der Waals surface area contributed by atoms with Crippen molar-refractivity contribution in [3.63, 3.8) is 0 Å². The van der Waals surface area contributed by atoms with Crippen LogP contribution in [0.25, 0.3) is 0 Å². The molecule has 3 unspecified atom stereocenters. The largest absolute Gasteiger partial charge is 0.481 e. The quantitative estimate of drug-likeness (QED) is 0.646. The molecule has 0 heterocycles. The molecule has 0 saturated carbocycles. The van der Waals surface area contributed by atoms with E-state index in [-0.39, 0.29) is 12.1 Å². The average molecular weight is 273 g/mol. The molecule has 112 valence electrons. The summed E-state index contributed by atoms with van der Waals surface area (Å²) in [6.07, 6.45) is 0. The molecule has 0 aliphatic carbocycles. The van der Waals surface area contributed by atoms with Gasteiger partial charge >= 0.3 is 12.0 Å². The van der Waals surface area contributed by atoms with E-state index in [1.54, 1.807) is 13.8 Å². The predicted octanol–water partition coefficient (Wildman–Crippen LogP) is 0.981. The van der Waals surface area contributed by atoms with E-state index in [0.717, 1.165) is 6.54 Å². The van der Waals surface area contributed by atoms with E-state index < -0.39 is 17.9 Å². The Morgan fingerprint density at radius 1 is 1.11 bits per heavy atom. The van der Waals surface area contributed by atoms with E-state index in [9.17, 15) is 9.59 Å². The van der Waals surface area contributed by atoms with Crippen LogP contribution in [0.15, 0.2) is 0 Å². The molecule has 0 aromatic carbocycles. The summed E-state index contributed by atoms with van der Waals surface area (Å²) in [5.74, 6) is -1.22. The number of carboxylic acids is 1. The van der Waals surface area contributed by atoms with Crippen molar-refractivity contribution in [3.8, 4) is 0 Å². The van der Waals surface area contributed by atoms with Crippen LogP contribution in [0, 0.1) is 11.8 Å². The Morgan fingerprint density at radius 3 is 2.00 bits per heavy atom. The van der Waals surface area contributed by atoms with Crippen LogP contribution in [0.3, 0.4) is 0 Å². The summed E-state index contributed by atoms with van der Waals surface area (Å²) in [6, 6.07) is -0.701. The van der Waals surface area contributed by atoms with Crippen LogP contribution in [0.4, 0.5) is 4.79 Å². The average Bonchev–Trinajstić information content (AvgIpc) is 2.25. The smallest absolute Gasteiger partial charge is 0.315 e. The number of carbonyl (C=O) groups is 2. The first-order valence-corrected chi connectivity index (χ1v) is 6.59. The Hall–Kier alpha value is -1.30. The Morgan fingerprint density at radius 2 is 1.63 bits per heavy atom. The zero-order valence-electron chi connectivity index (χ0n) is 12.7. The van der Waals surface area contributed by atoms with Gasteiger partial charge in [-0.3, -0.25) is 4.79 Å². The molecule has 3 N–H and O–H groups in total. The number of urea groups is 1. The van der Waals surface area contributed by atoms with Gasteiger partial charge in [-0.2, -0.15) is 0 Å². The van der Waals surface area contributed by atoms with Crippen LogP contribution >= 0.6 is 0 Å². The Labute approximate surface area is 115 Å². The van der Waals surface area contributed by atoms with Crippen LogP contribution < -0.4 is 10.6 Å². The molecule has 0 aromatic rings. The predicted molar refractivity (Wildman–Crippen MR) is 75.1 cm³/mol. The topological polar surface area (TPSA) is 81.7 Å². The van der Waals surface area contributed by atoms with Crippen LogP contribution in [0.2, 0.25) is 0 Å². The molecule has 0 bridgehead atoms. The summed E-state index contributed by atoms with van der Waals surface area (Å²) in [5, 5.41) is 14.4. The lowest BCUT2D eigenvalue weighted by Gasteiger charge is -2.27. The Kier molecular flexibility index (Phi) is 7.44. The van der Waals surface area contributed by atoms with Crippen LogP contribution in [0.1, 0.15) is 27.7 Å². The number of nitrogens with one attached hydrogen (secondary N) is 2. The van der Waals surface area contributed by atoms with Gasteiger partial charge < -0.3 is 20.6 Å². The first-order valence-electron chi connectivity index (χ1n) is 6.59. The molecule has 0 saturated heterocycles. The van der Waals surface area contributed by atoms with Crippen molar-refractivity contribution in [1.82, 2.24) is 15.5 Å². The zero-order chi connectivity index (χ0) is 15.2. The minimum atomic E-state index is -0.915. The molecule has 0 aliphatic heterocycles. The van der Waals surface area contributed by atoms with Crippen molar-refractivity contribution in [3.05, 3.63) is 0 Å². The summed E-state index contributed by atoms with van der Waals surface area (Å²) in [4.78, 5) is 24.7. The van der Waals surface area contributed by atoms with Crippen molar-refractivity contribution in [2.45, 2.75) is 39.8 Å². The van der Waals surface area contributed by atoms with E-state index in [1.807, 2.05) is 32.8 Å². The van der Waals surface area contributed by atoms with Gasteiger partial charge in [-0.1, -0.05) is 13.8 Å². The second-order valence-electron chi connectivity index (χ2n) is 5.65. The maximum atomic E-state index is 11.8. The maximum absolute atomic E-state index is 11.8. The fraction of sp³-hybridized carbons (Fsp3) is 0.846. The zero-order valence-corrected chi connectivity index (χ0v) is 12.7. The number of amides is 2. The summed E-state index contributed by atoms with van der Waals surface area (Å²) < 4.78 is 0. The minimum absolute atomic E-state index is 0.0299. The molecule has 6 nitrogen and oxygen atoms in total. The maximum Gasteiger partial charge on any atom is 0.315 e. The molecular weight excluding hydrogens is 246 g/mol. The van der Waals surface area contributed by atoms with Gasteiger partial charge in [0.05, 0.1) is 5.92 Å². The third kappa shape index (κ3) is 7.00. The third-order valence-corrected chi connectivity index (χ3v) is 3.18. The lowest BCUT2D eigenvalue weighted by Crippen LogP contribution is -2.52. The molecule has 19 heavy (non-hydrogen) atoms. The molecule has 0 rings (SSSR count). The van der Waals surface area contributed by atoms with Crippen molar-refractivity contribution in [2.75, 3.05) is 20.6 Å². The van der Waals surface area contributed by atoms with Gasteiger partial charge in [-0.25, -0.2) is 4.79 Å². The molecule has 0 fully saturated rings. The van der Waals surface area contributed by atoms with E-state index in [1.165, 1.54) is 0 Å². The second kappa shape index (κ2) is 7.99. The number of carboxylic acid groups (broad SMARTS) is 1. The second-order valence-corrected chi connectivity index (χ2v) is 5.65. The molecule has 3 atom stereocenters. The monoisotopic (exact) mass is 273 g/mol. The van der Waals surface area contributed by atoms with Gasteiger partial charge in [0.15, 0.2) is 0 Å². The van der Waals surface area contributed by atoms with Gasteiger partial charge in [0, 0.05) is 18.6 Å². The van der Waals surface area contributed by atoms with Crippen molar-refractivity contribution in [2.24, 2.45) is 11.8 Å². The van der Waals surface area contributed by atoms with Gasteiger partial charge in [0.1, 0.15) is 0 Å². The fourth-order valence-corrected chi connectivity index (χ4v) is 1.57. The molecule has 0 aliphatic rings. The minimum Gasteiger partial charge on any atom is -0.481 e. The summed E-state index contributed by atoms with van der Waals surface area (Å²) in [7, 11) is 3.90. The highest BCUT2D eigenvalue weighted by molar-refractivity contribution is 5.76. The first-order chi connectivity index (χ1) is 8.65. The van der Waals surface area contributed by atoms with Gasteiger partial charge in [0.2, 0.25) is 0 Å². The van der Waals surface area contributed by atoms with Crippen LogP contribution in [0.5, 0.6) is 0 Å². The molecule has 2 amide bonds. The number of nitrogens with zero attached hydrogens (tertiary/aromatic N) is 1. The summed E-state index contributed by atoms with van der Waals surface area (Å²) in [6.45, 7) is 8.09. The highest BCUT2D eigenvalue weighted by Gasteiger charge is 2.23. The molecule has 6 heteroatoms. The molecule has 0 spiro atoms. The fourth-order valence-electron chi connectivity index (χ4n) is 1.57. The number of hydrogen-bond donors (Lipinski definition) is 3. The lowest BCUT2D eigenvalue weighted by molar-refractivity contribution is -0.141. The van der Waals surface area contributed by atoms with Crippen molar-refractivity contribution >= 4 is 12.0 Å². The third-order valence-electron chi connectivity index (χ3n) is 3.18. The van der Waals surface area contributed by atoms with E-state index in [0.29, 0.717) is 5.92 Å². The number of rotatable bonds is 7. The SMILES string of the molecule is CC(C)C(CN(C)C)NC(=O)NC(C)C(C)C(=O)O. The lowest BCUT2D eigenvalue weighted by atomic mass is 10.0. The number of hydrogen-bond acceptors (Lipinski definition) is 3. The van der Waals surface area contributed by atoms with Gasteiger partial charge in [-0.05, 0) is 33.9 Å². The number of carbonyl (C=O) groups excluding carboxylic acids is 1. The van der Waals surface area contributed by atoms with Crippen molar-refractivity contribution < 1.29 is 14.7 Å². The number of likely N-dealkylation sites (N-methyl/N-ethyl adjacent to an activating group) is 1. The molecule has 0 aromatic heterocycles. The van der Waals surface area contributed by atoms with E-state index >= 15 is 0 Å². The molecular formula is C13H27N3O3. The van der Waals surface area contributed by atoms with E-state index in [4.69, 9.17) is 5.11 Å². The normalized spacial score (nSPS) is 16.0. The van der Waals surface area contributed by atoms with Crippen LogP contribution in [-0.2, 0) is 4.79 Å². The highest BCUT2D eigenvalue weighted by atomic mass is 16.4. The molecule has 0 radical (unpaired) electrons. The van der Waals surface area contributed by atoms with E-state index in [2.05, 4.69) is 10.6 Å². The Balaban J connectivity index is 4.38. The Bertz CT molecular complexity index is 306. The van der Waals surface area contributed by atoms with Crippen molar-refractivity contribution in [1.29, 1.82) is 0 Å².